The van der Waals surface area contributed by atoms with Gasteiger partial charge in [-0.05, 0) is 115 Å². The van der Waals surface area contributed by atoms with E-state index in [1.54, 1.807) is 0 Å². The van der Waals surface area contributed by atoms with E-state index in [-0.39, 0.29) is 35.8 Å². The zero-order valence-electron chi connectivity index (χ0n) is 21.8. The molecule has 36 heavy (non-hydrogen) atoms. The second-order valence-corrected chi connectivity index (χ2v) is 12.6. The third-order valence-corrected chi connectivity index (χ3v) is 9.47. The van der Waals surface area contributed by atoms with Crippen molar-refractivity contribution < 1.29 is 19.1 Å². The number of fused-ring (bicyclic) bond motifs is 4. The number of esters is 2. The second-order valence-electron chi connectivity index (χ2n) is 11.8. The molecule has 2 aliphatic carbocycles. The van der Waals surface area contributed by atoms with E-state index in [2.05, 4.69) is 52.3 Å². The quantitative estimate of drug-likeness (QED) is 0.231. The Bertz CT molecular complexity index is 1340. The van der Waals surface area contributed by atoms with Gasteiger partial charge in [0.15, 0.2) is 0 Å². The number of carbonyl (C=O) groups is 2. The van der Waals surface area contributed by atoms with Crippen LogP contribution < -0.4 is 0 Å². The lowest BCUT2D eigenvalue weighted by atomic mass is 9.86. The molecule has 5 rings (SSSR count). The summed E-state index contributed by atoms with van der Waals surface area (Å²) in [6.45, 7) is 9.79. The van der Waals surface area contributed by atoms with Gasteiger partial charge in [-0.3, -0.25) is 9.59 Å². The molecular formula is C31H35BrO4. The first-order valence-corrected chi connectivity index (χ1v) is 13.8. The van der Waals surface area contributed by atoms with E-state index in [0.717, 1.165) is 46.5 Å². The number of rotatable bonds is 6. The fraction of sp³-hybridized carbons (Fsp3) is 0.484. The van der Waals surface area contributed by atoms with Gasteiger partial charge in [0.05, 0.1) is 11.3 Å². The maximum Gasteiger partial charge on any atom is 0.311 e. The highest BCUT2D eigenvalue weighted by Crippen LogP contribution is 2.51. The first-order chi connectivity index (χ1) is 17.0. The van der Waals surface area contributed by atoms with Gasteiger partial charge in [-0.25, -0.2) is 0 Å². The van der Waals surface area contributed by atoms with E-state index in [1.165, 1.54) is 10.8 Å². The van der Waals surface area contributed by atoms with Crippen LogP contribution in [0.1, 0.15) is 65.9 Å². The third-order valence-electron chi connectivity index (χ3n) is 8.61. The van der Waals surface area contributed by atoms with Crippen LogP contribution in [0.5, 0.6) is 0 Å². The Balaban J connectivity index is 1.30. The highest BCUT2D eigenvalue weighted by molar-refractivity contribution is 9.10. The summed E-state index contributed by atoms with van der Waals surface area (Å²) >= 11 is 3.82. The summed E-state index contributed by atoms with van der Waals surface area (Å²) in [5, 5.41) is 4.63. The van der Waals surface area contributed by atoms with Crippen LogP contribution in [0.3, 0.4) is 0 Å². The van der Waals surface area contributed by atoms with Gasteiger partial charge in [0.25, 0.3) is 0 Å². The zero-order valence-corrected chi connectivity index (χ0v) is 23.4. The predicted octanol–water partition coefficient (Wildman–Crippen LogP) is 7.93. The van der Waals surface area contributed by atoms with E-state index in [9.17, 15) is 9.59 Å². The van der Waals surface area contributed by atoms with Crippen molar-refractivity contribution in [3.63, 3.8) is 0 Å². The topological polar surface area (TPSA) is 52.6 Å². The number of benzene rings is 3. The normalized spacial score (nSPS) is 23.8. The Labute approximate surface area is 221 Å². The SMILES string of the molecule is CCC(C)(C)C(=O)OC1CC2CC1CC2C(=O)OC(C)(C)c1ccc2cc3ccccc3cc2c1Br. The van der Waals surface area contributed by atoms with Crippen LogP contribution in [0.25, 0.3) is 21.5 Å². The molecule has 2 aliphatic rings. The standard InChI is InChI=1S/C31H35BrO4/c1-6-30(2,3)29(34)35-26-17-21-14-22(26)16-24(21)28(33)36-31(4,5)25-12-11-20-13-18-9-7-8-10-19(18)15-23(20)27(25)32/h7-13,15,21-22,24,26H,6,14,16-17H2,1-5H3. The van der Waals surface area contributed by atoms with Gasteiger partial charge < -0.3 is 9.47 Å². The lowest BCUT2D eigenvalue weighted by Gasteiger charge is -2.33. The molecule has 4 unspecified atom stereocenters. The van der Waals surface area contributed by atoms with Crippen molar-refractivity contribution in [1.82, 2.24) is 0 Å². The average Bonchev–Trinajstić information content (AvgIpc) is 3.43. The number of hydrogen-bond acceptors (Lipinski definition) is 4. The van der Waals surface area contributed by atoms with Gasteiger partial charge >= 0.3 is 11.9 Å². The Hall–Kier alpha value is -2.40. The summed E-state index contributed by atoms with van der Waals surface area (Å²) in [7, 11) is 0. The molecule has 0 N–H and O–H groups in total. The van der Waals surface area contributed by atoms with Crippen LogP contribution in [0.15, 0.2) is 53.0 Å². The Morgan fingerprint density at radius 1 is 0.917 bits per heavy atom. The molecule has 2 fully saturated rings. The number of halogens is 1. The van der Waals surface area contributed by atoms with Gasteiger partial charge in [0, 0.05) is 10.0 Å². The molecule has 0 aliphatic heterocycles. The maximum absolute atomic E-state index is 13.4. The molecule has 4 nitrogen and oxygen atoms in total. The van der Waals surface area contributed by atoms with E-state index < -0.39 is 11.0 Å². The monoisotopic (exact) mass is 550 g/mol. The molecule has 190 valence electrons. The summed E-state index contributed by atoms with van der Waals surface area (Å²) in [6.07, 6.45) is 3.09. The van der Waals surface area contributed by atoms with Crippen LogP contribution in [-0.2, 0) is 24.7 Å². The number of carbonyl (C=O) groups excluding carboxylic acids is 2. The van der Waals surface area contributed by atoms with Gasteiger partial charge in [-0.15, -0.1) is 0 Å². The second kappa shape index (κ2) is 9.16. The smallest absolute Gasteiger partial charge is 0.311 e. The van der Waals surface area contributed by atoms with Gasteiger partial charge in [-0.2, -0.15) is 0 Å². The van der Waals surface area contributed by atoms with E-state index in [1.807, 2.05) is 46.8 Å². The molecule has 4 atom stereocenters. The van der Waals surface area contributed by atoms with Crippen molar-refractivity contribution in [2.45, 2.75) is 72.0 Å². The first-order valence-electron chi connectivity index (χ1n) is 13.1. The average molecular weight is 552 g/mol. The third kappa shape index (κ3) is 4.44. The van der Waals surface area contributed by atoms with Crippen LogP contribution in [0.4, 0.5) is 0 Å². The molecular weight excluding hydrogens is 516 g/mol. The van der Waals surface area contributed by atoms with E-state index >= 15 is 0 Å². The molecule has 0 radical (unpaired) electrons. The molecule has 0 heterocycles. The largest absolute Gasteiger partial charge is 0.462 e. The predicted molar refractivity (Wildman–Crippen MR) is 147 cm³/mol. The molecule has 0 amide bonds. The molecule has 0 aromatic heterocycles. The van der Waals surface area contributed by atoms with Crippen LogP contribution >= 0.6 is 15.9 Å². The summed E-state index contributed by atoms with van der Waals surface area (Å²) in [5.41, 5.74) is -0.298. The maximum atomic E-state index is 13.4. The van der Waals surface area contributed by atoms with Gasteiger partial charge in [0.2, 0.25) is 0 Å². The molecule has 3 aromatic carbocycles. The molecule has 0 saturated heterocycles. The van der Waals surface area contributed by atoms with Crippen LogP contribution in [0.2, 0.25) is 0 Å². The van der Waals surface area contributed by atoms with Crippen molar-refractivity contribution >= 4 is 49.4 Å². The summed E-state index contributed by atoms with van der Waals surface area (Å²) in [4.78, 5) is 25.9. The van der Waals surface area contributed by atoms with Gasteiger partial charge in [-0.1, -0.05) is 43.3 Å². The molecule has 5 heteroatoms. The van der Waals surface area contributed by atoms with Crippen molar-refractivity contribution in [3.05, 3.63) is 58.6 Å². The first kappa shape index (κ1) is 25.3. The highest BCUT2D eigenvalue weighted by atomic mass is 79.9. The van der Waals surface area contributed by atoms with Gasteiger partial charge in [0.1, 0.15) is 11.7 Å². The number of ether oxygens (including phenoxy) is 2. The zero-order chi connectivity index (χ0) is 25.8. The Kier molecular flexibility index (Phi) is 6.43. The minimum absolute atomic E-state index is 0.0742. The highest BCUT2D eigenvalue weighted by Gasteiger charge is 2.52. The van der Waals surface area contributed by atoms with E-state index in [4.69, 9.17) is 9.47 Å². The summed E-state index contributed by atoms with van der Waals surface area (Å²) < 4.78 is 13.0. The summed E-state index contributed by atoms with van der Waals surface area (Å²) in [5.74, 6) is 0.0557. The number of hydrogen-bond donors (Lipinski definition) is 0. The van der Waals surface area contributed by atoms with Crippen molar-refractivity contribution in [2.24, 2.45) is 23.2 Å². The lowest BCUT2D eigenvalue weighted by Crippen LogP contribution is -2.37. The molecule has 2 saturated carbocycles. The van der Waals surface area contributed by atoms with Crippen molar-refractivity contribution in [3.8, 4) is 0 Å². The van der Waals surface area contributed by atoms with Crippen LogP contribution in [0, 0.1) is 23.2 Å². The minimum Gasteiger partial charge on any atom is -0.462 e. The van der Waals surface area contributed by atoms with E-state index in [0.29, 0.717) is 0 Å². The fourth-order valence-electron chi connectivity index (χ4n) is 5.92. The molecule has 3 aromatic rings. The molecule has 0 spiro atoms. The summed E-state index contributed by atoms with van der Waals surface area (Å²) in [6, 6.07) is 16.9. The Morgan fingerprint density at radius 2 is 1.61 bits per heavy atom. The Morgan fingerprint density at radius 3 is 2.25 bits per heavy atom. The van der Waals surface area contributed by atoms with Crippen molar-refractivity contribution in [2.75, 3.05) is 0 Å². The van der Waals surface area contributed by atoms with Crippen LogP contribution in [-0.4, -0.2) is 18.0 Å². The lowest BCUT2D eigenvalue weighted by molar-refractivity contribution is -0.168. The molecule has 2 bridgehead atoms. The fourth-order valence-corrected chi connectivity index (χ4v) is 6.87. The van der Waals surface area contributed by atoms with Crippen molar-refractivity contribution in [1.29, 1.82) is 0 Å². The minimum atomic E-state index is -0.783.